The molecule has 0 aromatic heterocycles. The Morgan fingerprint density at radius 2 is 1.72 bits per heavy atom. The summed E-state index contributed by atoms with van der Waals surface area (Å²) in [7, 11) is 1.55. The molecule has 0 aliphatic rings. The molecule has 7 heteroatoms. The van der Waals surface area contributed by atoms with Gasteiger partial charge in [-0.3, -0.25) is 4.79 Å². The largest absolute Gasteiger partial charge is 0.493 e. The maximum Gasteiger partial charge on any atom is 0.335 e. The van der Waals surface area contributed by atoms with E-state index in [-0.39, 0.29) is 23.6 Å². The fourth-order valence-electron chi connectivity index (χ4n) is 2.72. The summed E-state index contributed by atoms with van der Waals surface area (Å²) >= 11 is 0. The van der Waals surface area contributed by atoms with E-state index in [1.807, 2.05) is 32.9 Å². The first-order valence-electron chi connectivity index (χ1n) is 9.32. The summed E-state index contributed by atoms with van der Waals surface area (Å²) in [5.74, 6) is -0.0783. The monoisotopic (exact) mass is 400 g/mol. The standard InChI is InChI=1S/C22H28N2O5/c1-22(2,3)24-19(25)14-29-20-17(6-5-7-18(20)28-4)13-23-12-15-8-10-16(11-9-15)21(26)27/h5-11,23H,12-14H2,1-4H3,(H,24,25)(H,26,27). The van der Waals surface area contributed by atoms with Crippen LogP contribution in [0.2, 0.25) is 0 Å². The summed E-state index contributed by atoms with van der Waals surface area (Å²) in [4.78, 5) is 23.0. The van der Waals surface area contributed by atoms with Crippen LogP contribution in [-0.2, 0) is 17.9 Å². The summed E-state index contributed by atoms with van der Waals surface area (Å²) in [5, 5.41) is 15.1. The van der Waals surface area contributed by atoms with Gasteiger partial charge in [-0.1, -0.05) is 24.3 Å². The average molecular weight is 400 g/mol. The van der Waals surface area contributed by atoms with E-state index < -0.39 is 5.97 Å². The van der Waals surface area contributed by atoms with Crippen LogP contribution < -0.4 is 20.1 Å². The SMILES string of the molecule is COc1cccc(CNCc2ccc(C(=O)O)cc2)c1OCC(=O)NC(C)(C)C. The second-order valence-corrected chi connectivity index (χ2v) is 7.64. The number of carbonyl (C=O) groups excluding carboxylic acids is 1. The zero-order valence-electron chi connectivity index (χ0n) is 17.2. The lowest BCUT2D eigenvalue weighted by atomic mass is 10.1. The number of nitrogens with one attached hydrogen (secondary N) is 2. The van der Waals surface area contributed by atoms with Gasteiger partial charge < -0.3 is 25.2 Å². The zero-order valence-corrected chi connectivity index (χ0v) is 17.2. The van der Waals surface area contributed by atoms with Crippen molar-refractivity contribution in [2.75, 3.05) is 13.7 Å². The van der Waals surface area contributed by atoms with Crippen molar-refractivity contribution in [2.24, 2.45) is 0 Å². The Kier molecular flexibility index (Phi) is 7.61. The molecule has 29 heavy (non-hydrogen) atoms. The van der Waals surface area contributed by atoms with Gasteiger partial charge in [0.1, 0.15) is 0 Å². The van der Waals surface area contributed by atoms with Crippen LogP contribution in [0, 0.1) is 0 Å². The number of hydrogen-bond donors (Lipinski definition) is 3. The molecular formula is C22H28N2O5. The number of amides is 1. The normalized spacial score (nSPS) is 11.0. The number of carboxylic acid groups (broad SMARTS) is 1. The van der Waals surface area contributed by atoms with Crippen LogP contribution in [0.1, 0.15) is 42.3 Å². The highest BCUT2D eigenvalue weighted by molar-refractivity contribution is 5.87. The topological polar surface area (TPSA) is 96.9 Å². The third-order valence-electron chi connectivity index (χ3n) is 3.99. The lowest BCUT2D eigenvalue weighted by Gasteiger charge is -2.21. The second-order valence-electron chi connectivity index (χ2n) is 7.64. The molecule has 2 aromatic rings. The number of ether oxygens (including phenoxy) is 2. The van der Waals surface area contributed by atoms with Crippen LogP contribution in [0.5, 0.6) is 11.5 Å². The molecule has 0 radical (unpaired) electrons. The van der Waals surface area contributed by atoms with Crippen LogP contribution in [0.4, 0.5) is 0 Å². The predicted octanol–water partition coefficient (Wildman–Crippen LogP) is 2.98. The number of para-hydroxylation sites is 1. The summed E-state index contributed by atoms with van der Waals surface area (Å²) in [6.07, 6.45) is 0. The molecule has 3 N–H and O–H groups in total. The van der Waals surface area contributed by atoms with Gasteiger partial charge in [0.2, 0.25) is 0 Å². The van der Waals surface area contributed by atoms with Gasteiger partial charge in [-0.25, -0.2) is 4.79 Å². The highest BCUT2D eigenvalue weighted by atomic mass is 16.5. The molecule has 0 saturated carbocycles. The van der Waals surface area contributed by atoms with E-state index in [1.54, 1.807) is 37.4 Å². The van der Waals surface area contributed by atoms with E-state index in [1.165, 1.54) is 0 Å². The molecule has 2 aromatic carbocycles. The molecule has 156 valence electrons. The average Bonchev–Trinajstić information content (AvgIpc) is 2.65. The first-order valence-corrected chi connectivity index (χ1v) is 9.32. The van der Waals surface area contributed by atoms with E-state index in [2.05, 4.69) is 10.6 Å². The number of carboxylic acids is 1. The molecule has 0 aliphatic carbocycles. The minimum absolute atomic E-state index is 0.110. The third-order valence-corrected chi connectivity index (χ3v) is 3.99. The zero-order chi connectivity index (χ0) is 21.4. The van der Waals surface area contributed by atoms with Crippen molar-refractivity contribution in [3.8, 4) is 11.5 Å². The van der Waals surface area contributed by atoms with E-state index in [0.717, 1.165) is 11.1 Å². The molecule has 0 heterocycles. The smallest absolute Gasteiger partial charge is 0.335 e. The van der Waals surface area contributed by atoms with E-state index in [0.29, 0.717) is 24.6 Å². The number of aromatic carboxylic acids is 1. The Balaban J connectivity index is 2.00. The number of methoxy groups -OCH3 is 1. The minimum atomic E-state index is -0.946. The van der Waals surface area contributed by atoms with Crippen molar-refractivity contribution in [3.05, 3.63) is 59.2 Å². The number of hydrogen-bond acceptors (Lipinski definition) is 5. The van der Waals surface area contributed by atoms with Crippen molar-refractivity contribution < 1.29 is 24.2 Å². The van der Waals surface area contributed by atoms with Crippen LogP contribution in [0.15, 0.2) is 42.5 Å². The first kappa shape index (κ1) is 22.2. The fraction of sp³-hybridized carbons (Fsp3) is 0.364. The van der Waals surface area contributed by atoms with Gasteiger partial charge in [0.05, 0.1) is 12.7 Å². The molecule has 0 spiro atoms. The Morgan fingerprint density at radius 1 is 1.03 bits per heavy atom. The maximum atomic E-state index is 12.1. The lowest BCUT2D eigenvalue weighted by Crippen LogP contribution is -2.43. The van der Waals surface area contributed by atoms with Gasteiger partial charge in [0, 0.05) is 24.2 Å². The molecule has 7 nitrogen and oxygen atoms in total. The van der Waals surface area contributed by atoms with Crippen molar-refractivity contribution >= 4 is 11.9 Å². The number of rotatable bonds is 9. The third kappa shape index (κ3) is 7.12. The predicted molar refractivity (Wildman–Crippen MR) is 110 cm³/mol. The molecule has 2 rings (SSSR count). The van der Waals surface area contributed by atoms with Crippen molar-refractivity contribution in [1.29, 1.82) is 0 Å². The van der Waals surface area contributed by atoms with Crippen molar-refractivity contribution in [2.45, 2.75) is 39.4 Å². The number of benzene rings is 2. The maximum absolute atomic E-state index is 12.1. The van der Waals surface area contributed by atoms with Crippen LogP contribution in [0.3, 0.4) is 0 Å². The molecule has 0 saturated heterocycles. The Bertz CT molecular complexity index is 841. The van der Waals surface area contributed by atoms with Crippen molar-refractivity contribution in [3.63, 3.8) is 0 Å². The Morgan fingerprint density at radius 3 is 2.31 bits per heavy atom. The molecule has 0 aliphatic heterocycles. The minimum Gasteiger partial charge on any atom is -0.493 e. The molecule has 1 amide bonds. The highest BCUT2D eigenvalue weighted by Crippen LogP contribution is 2.31. The fourth-order valence-corrected chi connectivity index (χ4v) is 2.72. The van der Waals surface area contributed by atoms with Gasteiger partial charge in [0.25, 0.3) is 5.91 Å². The summed E-state index contributed by atoms with van der Waals surface area (Å²) < 4.78 is 11.1. The van der Waals surface area contributed by atoms with Gasteiger partial charge in [-0.15, -0.1) is 0 Å². The summed E-state index contributed by atoms with van der Waals surface area (Å²) in [6.45, 7) is 6.67. The van der Waals surface area contributed by atoms with E-state index in [4.69, 9.17) is 14.6 Å². The van der Waals surface area contributed by atoms with Crippen LogP contribution >= 0.6 is 0 Å². The molecule has 0 unspecified atom stereocenters. The quantitative estimate of drug-likeness (QED) is 0.599. The first-order chi connectivity index (χ1) is 13.7. The molecule has 0 atom stereocenters. The Hall–Kier alpha value is -3.06. The van der Waals surface area contributed by atoms with Gasteiger partial charge >= 0.3 is 5.97 Å². The molecular weight excluding hydrogens is 372 g/mol. The summed E-state index contributed by atoms with van der Waals surface area (Å²) in [6, 6.07) is 12.2. The summed E-state index contributed by atoms with van der Waals surface area (Å²) in [5.41, 5.74) is 1.74. The second kappa shape index (κ2) is 9.93. The van der Waals surface area contributed by atoms with Crippen LogP contribution in [0.25, 0.3) is 0 Å². The highest BCUT2D eigenvalue weighted by Gasteiger charge is 2.16. The van der Waals surface area contributed by atoms with Crippen LogP contribution in [-0.4, -0.2) is 36.2 Å². The van der Waals surface area contributed by atoms with Gasteiger partial charge in [0.15, 0.2) is 18.1 Å². The molecule has 0 bridgehead atoms. The van der Waals surface area contributed by atoms with E-state index >= 15 is 0 Å². The van der Waals surface area contributed by atoms with Crippen molar-refractivity contribution in [1.82, 2.24) is 10.6 Å². The van der Waals surface area contributed by atoms with Gasteiger partial charge in [-0.05, 0) is 44.5 Å². The molecule has 0 fully saturated rings. The Labute approximate surface area is 171 Å². The number of carbonyl (C=O) groups is 2. The van der Waals surface area contributed by atoms with E-state index in [9.17, 15) is 9.59 Å². The lowest BCUT2D eigenvalue weighted by molar-refractivity contribution is -0.124. The van der Waals surface area contributed by atoms with Gasteiger partial charge in [-0.2, -0.15) is 0 Å².